The molecule has 0 saturated carbocycles. The number of benzene rings is 1. The molecule has 0 radical (unpaired) electrons. The lowest BCUT2D eigenvalue weighted by Gasteiger charge is -2.22. The standard InChI is InChI=1S/C18H32N2O/c1-15(2)17(10-11-19)8-6-12-20(3)14-16-7-5-9-18(13-16)21-4/h5,7,9,13,15,17H,6,8,10-12,14,19H2,1-4H3. The van der Waals surface area contributed by atoms with Crippen LogP contribution in [-0.2, 0) is 6.54 Å². The molecule has 2 N–H and O–H groups in total. The second kappa shape index (κ2) is 9.80. The SMILES string of the molecule is COc1cccc(CN(C)CCCC(CCN)C(C)C)c1. The number of ether oxygens (including phenoxy) is 1. The second-order valence-electron chi connectivity index (χ2n) is 6.31. The highest BCUT2D eigenvalue weighted by Gasteiger charge is 2.12. The molecule has 0 aliphatic rings. The summed E-state index contributed by atoms with van der Waals surface area (Å²) in [6.45, 7) is 7.52. The summed E-state index contributed by atoms with van der Waals surface area (Å²) in [6, 6.07) is 8.31. The van der Waals surface area contributed by atoms with E-state index in [0.717, 1.165) is 43.6 Å². The predicted octanol–water partition coefficient (Wildman–Crippen LogP) is 3.53. The van der Waals surface area contributed by atoms with Crippen molar-refractivity contribution in [1.82, 2.24) is 4.90 Å². The van der Waals surface area contributed by atoms with E-state index in [0.29, 0.717) is 0 Å². The van der Waals surface area contributed by atoms with Gasteiger partial charge in [-0.3, -0.25) is 0 Å². The van der Waals surface area contributed by atoms with Crippen LogP contribution in [-0.4, -0.2) is 32.1 Å². The Labute approximate surface area is 130 Å². The summed E-state index contributed by atoms with van der Waals surface area (Å²) in [5.41, 5.74) is 7.01. The van der Waals surface area contributed by atoms with Crippen LogP contribution < -0.4 is 10.5 Å². The van der Waals surface area contributed by atoms with Crippen molar-refractivity contribution in [2.45, 2.75) is 39.7 Å². The zero-order chi connectivity index (χ0) is 15.7. The molecule has 120 valence electrons. The summed E-state index contributed by atoms with van der Waals surface area (Å²) in [4.78, 5) is 2.38. The maximum absolute atomic E-state index is 5.71. The fourth-order valence-electron chi connectivity index (χ4n) is 2.81. The molecule has 0 spiro atoms. The van der Waals surface area contributed by atoms with Crippen molar-refractivity contribution < 1.29 is 4.74 Å². The lowest BCUT2D eigenvalue weighted by molar-refractivity contribution is 0.278. The molecule has 1 rings (SSSR count). The molecule has 0 aliphatic carbocycles. The molecule has 1 atom stereocenters. The van der Waals surface area contributed by atoms with E-state index in [9.17, 15) is 0 Å². The van der Waals surface area contributed by atoms with E-state index in [2.05, 4.69) is 44.0 Å². The van der Waals surface area contributed by atoms with Gasteiger partial charge in [0.2, 0.25) is 0 Å². The lowest BCUT2D eigenvalue weighted by atomic mass is 9.88. The van der Waals surface area contributed by atoms with Crippen molar-refractivity contribution in [3.05, 3.63) is 29.8 Å². The van der Waals surface area contributed by atoms with Crippen molar-refractivity contribution in [2.24, 2.45) is 17.6 Å². The molecule has 0 heterocycles. The van der Waals surface area contributed by atoms with Crippen LogP contribution in [0.2, 0.25) is 0 Å². The Morgan fingerprint density at radius 2 is 2.00 bits per heavy atom. The first kappa shape index (κ1) is 18.0. The third-order valence-electron chi connectivity index (χ3n) is 4.18. The number of hydrogen-bond acceptors (Lipinski definition) is 3. The van der Waals surface area contributed by atoms with E-state index in [1.165, 1.54) is 18.4 Å². The van der Waals surface area contributed by atoms with Crippen LogP contribution in [0, 0.1) is 11.8 Å². The normalized spacial score (nSPS) is 12.9. The van der Waals surface area contributed by atoms with E-state index in [1.54, 1.807) is 7.11 Å². The first-order chi connectivity index (χ1) is 10.1. The summed E-state index contributed by atoms with van der Waals surface area (Å²) in [6.07, 6.45) is 3.66. The molecular formula is C18H32N2O. The Morgan fingerprint density at radius 1 is 1.24 bits per heavy atom. The van der Waals surface area contributed by atoms with Crippen LogP contribution in [0.1, 0.15) is 38.7 Å². The zero-order valence-corrected chi connectivity index (χ0v) is 14.1. The van der Waals surface area contributed by atoms with Crippen LogP contribution in [0.4, 0.5) is 0 Å². The first-order valence-electron chi connectivity index (χ1n) is 8.08. The molecule has 1 unspecified atom stereocenters. The van der Waals surface area contributed by atoms with Gasteiger partial charge in [-0.25, -0.2) is 0 Å². The number of rotatable bonds is 10. The molecule has 0 aliphatic heterocycles. The molecule has 0 aromatic heterocycles. The van der Waals surface area contributed by atoms with Crippen molar-refractivity contribution >= 4 is 0 Å². The number of hydrogen-bond donors (Lipinski definition) is 1. The lowest BCUT2D eigenvalue weighted by Crippen LogP contribution is -2.21. The molecule has 3 heteroatoms. The molecule has 0 saturated heterocycles. The van der Waals surface area contributed by atoms with Gasteiger partial charge in [0.05, 0.1) is 7.11 Å². The Kier molecular flexibility index (Phi) is 8.40. The van der Waals surface area contributed by atoms with E-state index in [4.69, 9.17) is 10.5 Å². The van der Waals surface area contributed by atoms with Crippen molar-refractivity contribution in [3.8, 4) is 5.75 Å². The third-order valence-corrected chi connectivity index (χ3v) is 4.18. The largest absolute Gasteiger partial charge is 0.497 e. The summed E-state index contributed by atoms with van der Waals surface area (Å²) in [5.74, 6) is 2.43. The summed E-state index contributed by atoms with van der Waals surface area (Å²) >= 11 is 0. The monoisotopic (exact) mass is 292 g/mol. The molecule has 1 aromatic rings. The number of nitrogens with two attached hydrogens (primary N) is 1. The van der Waals surface area contributed by atoms with Crippen LogP contribution in [0.5, 0.6) is 5.75 Å². The van der Waals surface area contributed by atoms with Crippen molar-refractivity contribution in [2.75, 3.05) is 27.2 Å². The van der Waals surface area contributed by atoms with Gasteiger partial charge in [0.15, 0.2) is 0 Å². The molecule has 3 nitrogen and oxygen atoms in total. The molecular weight excluding hydrogens is 260 g/mol. The topological polar surface area (TPSA) is 38.5 Å². The van der Waals surface area contributed by atoms with Gasteiger partial charge >= 0.3 is 0 Å². The van der Waals surface area contributed by atoms with Crippen molar-refractivity contribution in [3.63, 3.8) is 0 Å². The fraction of sp³-hybridized carbons (Fsp3) is 0.667. The van der Waals surface area contributed by atoms with Gasteiger partial charge < -0.3 is 15.4 Å². The summed E-state index contributed by atoms with van der Waals surface area (Å²) in [7, 11) is 3.90. The highest BCUT2D eigenvalue weighted by Crippen LogP contribution is 2.21. The molecule has 21 heavy (non-hydrogen) atoms. The Hall–Kier alpha value is -1.06. The first-order valence-corrected chi connectivity index (χ1v) is 8.08. The average molecular weight is 292 g/mol. The van der Waals surface area contributed by atoms with E-state index in [-0.39, 0.29) is 0 Å². The van der Waals surface area contributed by atoms with Gasteiger partial charge in [0.1, 0.15) is 5.75 Å². The van der Waals surface area contributed by atoms with Crippen LogP contribution in [0.15, 0.2) is 24.3 Å². The molecule has 0 amide bonds. The smallest absolute Gasteiger partial charge is 0.119 e. The van der Waals surface area contributed by atoms with Gasteiger partial charge in [-0.05, 0) is 68.9 Å². The van der Waals surface area contributed by atoms with Crippen LogP contribution >= 0.6 is 0 Å². The quantitative estimate of drug-likeness (QED) is 0.717. The minimum atomic E-state index is 0.734. The van der Waals surface area contributed by atoms with Gasteiger partial charge in [0, 0.05) is 6.54 Å². The Morgan fingerprint density at radius 3 is 2.62 bits per heavy atom. The molecule has 0 bridgehead atoms. The van der Waals surface area contributed by atoms with E-state index < -0.39 is 0 Å². The zero-order valence-electron chi connectivity index (χ0n) is 14.1. The number of nitrogens with zero attached hydrogens (tertiary/aromatic N) is 1. The highest BCUT2D eigenvalue weighted by atomic mass is 16.5. The Balaban J connectivity index is 2.34. The van der Waals surface area contributed by atoms with Crippen LogP contribution in [0.3, 0.4) is 0 Å². The van der Waals surface area contributed by atoms with Gasteiger partial charge in [0.25, 0.3) is 0 Å². The maximum Gasteiger partial charge on any atom is 0.119 e. The minimum Gasteiger partial charge on any atom is -0.497 e. The summed E-state index contributed by atoms with van der Waals surface area (Å²) < 4.78 is 5.27. The minimum absolute atomic E-state index is 0.734. The third kappa shape index (κ3) is 6.96. The average Bonchev–Trinajstić information content (AvgIpc) is 2.46. The predicted molar refractivity (Wildman–Crippen MR) is 90.6 cm³/mol. The van der Waals surface area contributed by atoms with Gasteiger partial charge in [-0.2, -0.15) is 0 Å². The molecule has 0 fully saturated rings. The number of methoxy groups -OCH3 is 1. The maximum atomic E-state index is 5.71. The van der Waals surface area contributed by atoms with E-state index in [1.807, 2.05) is 6.07 Å². The highest BCUT2D eigenvalue weighted by molar-refractivity contribution is 5.28. The second-order valence-corrected chi connectivity index (χ2v) is 6.31. The van der Waals surface area contributed by atoms with Gasteiger partial charge in [-0.15, -0.1) is 0 Å². The van der Waals surface area contributed by atoms with E-state index >= 15 is 0 Å². The van der Waals surface area contributed by atoms with Crippen LogP contribution in [0.25, 0.3) is 0 Å². The molecule has 1 aromatic carbocycles. The fourth-order valence-corrected chi connectivity index (χ4v) is 2.81. The Bertz CT molecular complexity index is 393. The van der Waals surface area contributed by atoms with Gasteiger partial charge in [-0.1, -0.05) is 26.0 Å². The summed E-state index contributed by atoms with van der Waals surface area (Å²) in [5, 5.41) is 0. The van der Waals surface area contributed by atoms with Crippen molar-refractivity contribution in [1.29, 1.82) is 0 Å².